The number of hydrogen-bond donors (Lipinski definition) is 2. The number of alkyl halides is 3. The summed E-state index contributed by atoms with van der Waals surface area (Å²) in [6.07, 6.45) is 0.0185. The summed E-state index contributed by atoms with van der Waals surface area (Å²) in [5.74, 6) is -1.68. The fourth-order valence-corrected chi connectivity index (χ4v) is 6.14. The number of hydrogen-bond acceptors (Lipinski definition) is 6. The first-order valence-corrected chi connectivity index (χ1v) is 14.6. The Morgan fingerprint density at radius 1 is 1.07 bits per heavy atom. The Morgan fingerprint density at radius 3 is 2.36 bits per heavy atom. The third kappa shape index (κ3) is 6.36. The summed E-state index contributed by atoms with van der Waals surface area (Å²) in [5, 5.41) is 32.4. The van der Waals surface area contributed by atoms with Crippen molar-refractivity contribution in [3.05, 3.63) is 100.0 Å². The number of aliphatic hydroxyl groups is 1. The van der Waals surface area contributed by atoms with E-state index in [0.717, 1.165) is 11.6 Å². The lowest BCUT2D eigenvalue weighted by Crippen LogP contribution is -2.52. The van der Waals surface area contributed by atoms with Gasteiger partial charge in [-0.2, -0.15) is 13.2 Å². The fourth-order valence-electron chi connectivity index (χ4n) is 6.14. The molecule has 238 valence electrons. The number of nitro benzene ring substituents is 1. The van der Waals surface area contributed by atoms with E-state index in [1.165, 1.54) is 44.8 Å². The maximum Gasteiger partial charge on any atom is 0.422 e. The number of aliphatic carboxylic acids is 1. The number of nitro groups is 1. The van der Waals surface area contributed by atoms with Crippen LogP contribution in [-0.4, -0.2) is 66.7 Å². The molecule has 0 radical (unpaired) electrons. The Kier molecular flexibility index (Phi) is 8.86. The first-order valence-electron chi connectivity index (χ1n) is 14.6. The van der Waals surface area contributed by atoms with Gasteiger partial charge in [0.15, 0.2) is 5.78 Å². The van der Waals surface area contributed by atoms with Crippen molar-refractivity contribution in [3.8, 4) is 0 Å². The summed E-state index contributed by atoms with van der Waals surface area (Å²) in [7, 11) is 0. The minimum absolute atomic E-state index is 0.0534. The summed E-state index contributed by atoms with van der Waals surface area (Å²) in [4.78, 5) is 37.0. The second-order valence-corrected chi connectivity index (χ2v) is 11.5. The minimum Gasteiger partial charge on any atom is -0.480 e. The van der Waals surface area contributed by atoms with Crippen LogP contribution in [0.25, 0.3) is 10.9 Å². The lowest BCUT2D eigenvalue weighted by molar-refractivity contribution is -0.384. The number of halogens is 3. The van der Waals surface area contributed by atoms with E-state index in [4.69, 9.17) is 0 Å². The molecule has 4 aromatic rings. The number of ketones is 1. The van der Waals surface area contributed by atoms with Gasteiger partial charge in [-0.25, -0.2) is 4.79 Å². The number of Topliss-reactive ketones (excluding diaryl/α,β-unsaturated/α-hetero) is 1. The molecule has 5 rings (SSSR count). The van der Waals surface area contributed by atoms with E-state index in [9.17, 15) is 43.1 Å². The quantitative estimate of drug-likeness (QED) is 0.123. The van der Waals surface area contributed by atoms with Crippen LogP contribution in [0.2, 0.25) is 0 Å². The van der Waals surface area contributed by atoms with Gasteiger partial charge >= 0.3 is 12.1 Å². The lowest BCUT2D eigenvalue weighted by Gasteiger charge is -2.38. The highest BCUT2D eigenvalue weighted by Gasteiger charge is 2.57. The number of fused-ring (bicyclic) bond motifs is 1. The Hall–Kier alpha value is -4.49. The molecule has 2 atom stereocenters. The van der Waals surface area contributed by atoms with Gasteiger partial charge in [-0.05, 0) is 50.0 Å². The van der Waals surface area contributed by atoms with Crippen molar-refractivity contribution in [3.63, 3.8) is 0 Å². The van der Waals surface area contributed by atoms with Crippen molar-refractivity contribution >= 4 is 28.3 Å². The fraction of sp³-hybridized carbons (Fsp3) is 0.375. The van der Waals surface area contributed by atoms with Gasteiger partial charge in [0.05, 0.1) is 10.4 Å². The highest BCUT2D eigenvalue weighted by molar-refractivity contribution is 5.98. The van der Waals surface area contributed by atoms with Crippen molar-refractivity contribution in [2.24, 2.45) is 5.92 Å². The number of likely N-dealkylation sites (tertiary alicyclic amines) is 1. The number of carbonyl (C=O) groups is 2. The molecule has 0 aliphatic carbocycles. The van der Waals surface area contributed by atoms with Crippen LogP contribution in [0.3, 0.4) is 0 Å². The SMILES string of the molecule is CCC(C(=O)O)n1ccc(C(=O)C2CCN(CC(O)(c3cn(Cc4ccccc4)c4cc([N+](=O)[O-])ccc34)C(F)(F)F)CC2)c1. The van der Waals surface area contributed by atoms with E-state index in [1.807, 2.05) is 0 Å². The topological polar surface area (TPSA) is 131 Å². The third-order valence-corrected chi connectivity index (χ3v) is 8.63. The zero-order chi connectivity index (χ0) is 32.5. The molecule has 0 amide bonds. The van der Waals surface area contributed by atoms with Crippen LogP contribution in [0.4, 0.5) is 18.9 Å². The molecular formula is C32H33F3N4O6. The summed E-state index contributed by atoms with van der Waals surface area (Å²) in [6.45, 7) is 1.31. The molecule has 2 N–H and O–H groups in total. The normalized spacial score (nSPS) is 16.8. The number of piperidine rings is 1. The first-order chi connectivity index (χ1) is 21.3. The minimum atomic E-state index is -5.09. The van der Waals surface area contributed by atoms with Crippen molar-refractivity contribution in [2.45, 2.75) is 50.6 Å². The number of β-amino-alcohol motifs (C(OH)–C–C–N with tert-alkyl or cyclic N) is 1. The van der Waals surface area contributed by atoms with E-state index in [2.05, 4.69) is 0 Å². The summed E-state index contributed by atoms with van der Waals surface area (Å²) >= 11 is 0. The Balaban J connectivity index is 1.39. The molecule has 3 heterocycles. The number of nitrogens with zero attached hydrogens (tertiary/aromatic N) is 4. The van der Waals surface area contributed by atoms with Gasteiger partial charge in [0, 0.05) is 66.2 Å². The predicted molar refractivity (Wildman–Crippen MR) is 159 cm³/mol. The first kappa shape index (κ1) is 31.9. The standard InChI is InChI=1S/C32H33F3N4O6/c1-2-27(30(41)42)37-15-12-23(18-37)29(40)22-10-13-36(14-11-22)20-31(43,32(33,34)35)26-19-38(17-21-6-4-3-5-7-21)28-16-24(39(44)45)8-9-25(26)28/h3-9,12,15-16,18-19,22,27,43H,2,10-11,13-14,17,20H2,1H3,(H,41,42). The van der Waals surface area contributed by atoms with Crippen LogP contribution in [0.1, 0.15) is 53.7 Å². The molecule has 2 unspecified atom stereocenters. The van der Waals surface area contributed by atoms with Gasteiger partial charge in [-0.3, -0.25) is 19.8 Å². The lowest BCUT2D eigenvalue weighted by atomic mass is 9.87. The number of rotatable bonds is 11. The van der Waals surface area contributed by atoms with E-state index < -0.39 is 46.7 Å². The zero-order valence-corrected chi connectivity index (χ0v) is 24.5. The molecule has 0 spiro atoms. The molecule has 45 heavy (non-hydrogen) atoms. The van der Waals surface area contributed by atoms with E-state index in [1.54, 1.807) is 43.3 Å². The molecule has 2 aromatic carbocycles. The maximum absolute atomic E-state index is 14.8. The summed E-state index contributed by atoms with van der Waals surface area (Å²) in [5.41, 5.74) is -2.69. The molecule has 0 saturated carbocycles. The molecule has 2 aromatic heterocycles. The van der Waals surface area contributed by atoms with Crippen molar-refractivity contribution < 1.29 is 37.9 Å². The van der Waals surface area contributed by atoms with Crippen LogP contribution < -0.4 is 0 Å². The smallest absolute Gasteiger partial charge is 0.422 e. The molecule has 1 aliphatic rings. The van der Waals surface area contributed by atoms with Crippen LogP contribution >= 0.6 is 0 Å². The van der Waals surface area contributed by atoms with Crippen molar-refractivity contribution in [1.29, 1.82) is 0 Å². The summed E-state index contributed by atoms with van der Waals surface area (Å²) in [6, 6.07) is 13.2. The number of aromatic nitrogens is 2. The van der Waals surface area contributed by atoms with Gasteiger partial charge in [-0.15, -0.1) is 0 Å². The summed E-state index contributed by atoms with van der Waals surface area (Å²) < 4.78 is 47.4. The van der Waals surface area contributed by atoms with E-state index in [0.29, 0.717) is 12.0 Å². The third-order valence-electron chi connectivity index (χ3n) is 8.63. The highest BCUT2D eigenvalue weighted by Crippen LogP contribution is 2.44. The number of carboxylic acids is 1. The molecule has 13 heteroatoms. The molecular weight excluding hydrogens is 593 g/mol. The zero-order valence-electron chi connectivity index (χ0n) is 24.5. The predicted octanol–water partition coefficient (Wildman–Crippen LogP) is 5.78. The van der Waals surface area contributed by atoms with Gasteiger partial charge < -0.3 is 19.3 Å². The second-order valence-electron chi connectivity index (χ2n) is 11.5. The second kappa shape index (κ2) is 12.5. The van der Waals surface area contributed by atoms with Crippen LogP contribution in [-0.2, 0) is 16.9 Å². The van der Waals surface area contributed by atoms with Gasteiger partial charge in [0.25, 0.3) is 5.69 Å². The van der Waals surface area contributed by atoms with Crippen molar-refractivity contribution in [2.75, 3.05) is 19.6 Å². The van der Waals surface area contributed by atoms with Gasteiger partial charge in [0.1, 0.15) is 6.04 Å². The number of carboxylic acid groups (broad SMARTS) is 1. The molecule has 1 aliphatic heterocycles. The van der Waals surface area contributed by atoms with Gasteiger partial charge in [0.2, 0.25) is 5.60 Å². The van der Waals surface area contributed by atoms with E-state index >= 15 is 0 Å². The highest BCUT2D eigenvalue weighted by atomic mass is 19.4. The van der Waals surface area contributed by atoms with Crippen LogP contribution in [0.15, 0.2) is 73.2 Å². The number of non-ortho nitro benzene ring substituents is 1. The average Bonchev–Trinajstić information content (AvgIpc) is 3.63. The van der Waals surface area contributed by atoms with E-state index in [-0.39, 0.29) is 54.8 Å². The molecule has 10 nitrogen and oxygen atoms in total. The Bertz CT molecular complexity index is 1710. The largest absolute Gasteiger partial charge is 0.480 e. The number of carbonyl (C=O) groups excluding carboxylic acids is 1. The van der Waals surface area contributed by atoms with Crippen LogP contribution in [0.5, 0.6) is 0 Å². The Morgan fingerprint density at radius 2 is 1.76 bits per heavy atom. The van der Waals surface area contributed by atoms with Crippen molar-refractivity contribution in [1.82, 2.24) is 14.0 Å². The van der Waals surface area contributed by atoms with Gasteiger partial charge in [-0.1, -0.05) is 37.3 Å². The molecule has 1 saturated heterocycles. The molecule has 0 bridgehead atoms. The Labute approximate surface area is 256 Å². The van der Waals surface area contributed by atoms with Crippen LogP contribution in [0, 0.1) is 16.0 Å². The number of benzene rings is 2. The molecule has 1 fully saturated rings. The monoisotopic (exact) mass is 626 g/mol. The maximum atomic E-state index is 14.8. The average molecular weight is 627 g/mol.